The van der Waals surface area contributed by atoms with Crippen LogP contribution in [-0.4, -0.2) is 17.9 Å². The lowest BCUT2D eigenvalue weighted by Gasteiger charge is -2.16. The number of hydrazine groups is 1. The average Bonchev–Trinajstić information content (AvgIpc) is 2.54. The normalized spacial score (nSPS) is 11.5. The molecule has 0 aromatic heterocycles. The highest BCUT2D eigenvalue weighted by Gasteiger charge is 2.17. The van der Waals surface area contributed by atoms with Gasteiger partial charge in [0.15, 0.2) is 0 Å². The molecule has 0 saturated heterocycles. The minimum atomic E-state index is -0.768. The number of hydrogen-bond donors (Lipinski definition) is 3. The number of amides is 2. The zero-order valence-electron chi connectivity index (χ0n) is 12.6. The fourth-order valence-electron chi connectivity index (χ4n) is 1.83. The van der Waals surface area contributed by atoms with Crippen LogP contribution in [0.5, 0.6) is 0 Å². The molecule has 2 amide bonds. The van der Waals surface area contributed by atoms with Crippen LogP contribution in [0.3, 0.4) is 0 Å². The van der Waals surface area contributed by atoms with Crippen LogP contribution in [0.4, 0.5) is 5.69 Å². The van der Waals surface area contributed by atoms with E-state index in [2.05, 4.69) is 16.2 Å². The maximum absolute atomic E-state index is 12.1. The molecule has 2 rings (SSSR count). The molecule has 0 fully saturated rings. The highest BCUT2D eigenvalue weighted by Crippen LogP contribution is 2.33. The molecule has 24 heavy (non-hydrogen) atoms. The summed E-state index contributed by atoms with van der Waals surface area (Å²) >= 11 is 17.8. The highest BCUT2D eigenvalue weighted by atomic mass is 35.5. The molecule has 1 atom stereocenters. The van der Waals surface area contributed by atoms with Crippen molar-refractivity contribution >= 4 is 52.3 Å². The van der Waals surface area contributed by atoms with Crippen molar-refractivity contribution in [2.24, 2.45) is 0 Å². The Morgan fingerprint density at radius 1 is 1.00 bits per heavy atom. The van der Waals surface area contributed by atoms with E-state index in [1.54, 1.807) is 37.3 Å². The lowest BCUT2D eigenvalue weighted by atomic mass is 10.2. The number of carbonyl (C=O) groups excluding carboxylic acids is 2. The fraction of sp³-hybridized carbons (Fsp3) is 0.125. The Labute approximate surface area is 154 Å². The van der Waals surface area contributed by atoms with Crippen molar-refractivity contribution < 1.29 is 9.59 Å². The Balaban J connectivity index is 1.94. The lowest BCUT2D eigenvalue weighted by molar-refractivity contribution is -0.122. The predicted octanol–water partition coefficient (Wildman–Crippen LogP) is 3.91. The molecule has 0 aliphatic carbocycles. The SMILES string of the molecule is CC(NC(=O)c1ccccc1)C(=O)NNc1c(Cl)cc(Cl)cc1Cl. The summed E-state index contributed by atoms with van der Waals surface area (Å²) in [7, 11) is 0. The first-order valence-electron chi connectivity index (χ1n) is 6.95. The van der Waals surface area contributed by atoms with E-state index in [0.717, 1.165) is 0 Å². The van der Waals surface area contributed by atoms with Gasteiger partial charge in [-0.25, -0.2) is 0 Å². The molecule has 3 N–H and O–H groups in total. The number of nitrogens with one attached hydrogen (secondary N) is 3. The summed E-state index contributed by atoms with van der Waals surface area (Å²) in [5, 5.41) is 3.49. The maximum Gasteiger partial charge on any atom is 0.260 e. The van der Waals surface area contributed by atoms with Gasteiger partial charge in [0, 0.05) is 10.6 Å². The zero-order chi connectivity index (χ0) is 17.7. The first-order valence-corrected chi connectivity index (χ1v) is 8.08. The molecule has 0 bridgehead atoms. The Hall–Kier alpha value is -1.95. The third kappa shape index (κ3) is 4.77. The smallest absolute Gasteiger partial charge is 0.260 e. The molecule has 0 spiro atoms. The van der Waals surface area contributed by atoms with Crippen molar-refractivity contribution in [3.63, 3.8) is 0 Å². The Morgan fingerprint density at radius 2 is 1.58 bits per heavy atom. The van der Waals surface area contributed by atoms with Gasteiger partial charge in [0.1, 0.15) is 6.04 Å². The molecule has 5 nitrogen and oxygen atoms in total. The molecule has 1 unspecified atom stereocenters. The van der Waals surface area contributed by atoms with Crippen molar-refractivity contribution in [2.75, 3.05) is 5.43 Å². The van der Waals surface area contributed by atoms with Gasteiger partial charge < -0.3 is 5.32 Å². The zero-order valence-corrected chi connectivity index (χ0v) is 14.8. The number of hydrogen-bond acceptors (Lipinski definition) is 3. The van der Waals surface area contributed by atoms with E-state index in [-0.39, 0.29) is 16.0 Å². The summed E-state index contributed by atoms with van der Waals surface area (Å²) in [6.45, 7) is 1.56. The molecule has 0 aliphatic heterocycles. The average molecular weight is 387 g/mol. The van der Waals surface area contributed by atoms with E-state index in [1.165, 1.54) is 12.1 Å². The molecular formula is C16H14Cl3N3O2. The van der Waals surface area contributed by atoms with E-state index in [4.69, 9.17) is 34.8 Å². The van der Waals surface area contributed by atoms with Crippen LogP contribution in [-0.2, 0) is 4.79 Å². The number of benzene rings is 2. The second-order valence-corrected chi connectivity index (χ2v) is 6.17. The van der Waals surface area contributed by atoms with Crippen molar-refractivity contribution in [2.45, 2.75) is 13.0 Å². The highest BCUT2D eigenvalue weighted by molar-refractivity contribution is 6.41. The summed E-state index contributed by atoms with van der Waals surface area (Å²) in [5.74, 6) is -0.804. The Kier molecular flexibility index (Phi) is 6.31. The molecule has 2 aromatic rings. The minimum Gasteiger partial charge on any atom is -0.340 e. The first-order chi connectivity index (χ1) is 11.4. The molecule has 0 saturated carbocycles. The number of rotatable bonds is 5. The van der Waals surface area contributed by atoms with Crippen LogP contribution in [0.15, 0.2) is 42.5 Å². The Bertz CT molecular complexity index is 730. The standard InChI is InChI=1S/C16H14Cl3N3O2/c1-9(20-16(24)10-5-3-2-4-6-10)15(23)22-21-14-12(18)7-11(17)8-13(14)19/h2-9,21H,1H3,(H,20,24)(H,22,23). The van der Waals surface area contributed by atoms with Crippen molar-refractivity contribution in [3.8, 4) is 0 Å². The molecule has 126 valence electrons. The van der Waals surface area contributed by atoms with Crippen LogP contribution in [0.1, 0.15) is 17.3 Å². The summed E-state index contributed by atoms with van der Waals surface area (Å²) < 4.78 is 0. The van der Waals surface area contributed by atoms with Gasteiger partial charge >= 0.3 is 0 Å². The van der Waals surface area contributed by atoms with Gasteiger partial charge in [0.25, 0.3) is 11.8 Å². The van der Waals surface area contributed by atoms with Gasteiger partial charge in [-0.15, -0.1) is 0 Å². The fourth-order valence-corrected chi connectivity index (χ4v) is 2.74. The Morgan fingerprint density at radius 3 is 2.17 bits per heavy atom. The third-order valence-electron chi connectivity index (χ3n) is 3.09. The molecule has 0 heterocycles. The van der Waals surface area contributed by atoms with Crippen LogP contribution in [0.2, 0.25) is 15.1 Å². The van der Waals surface area contributed by atoms with E-state index < -0.39 is 11.9 Å². The van der Waals surface area contributed by atoms with Gasteiger partial charge in [-0.3, -0.25) is 20.4 Å². The molecule has 8 heteroatoms. The predicted molar refractivity (Wildman–Crippen MR) is 96.6 cm³/mol. The minimum absolute atomic E-state index is 0.258. The molecule has 0 radical (unpaired) electrons. The molecule has 2 aromatic carbocycles. The topological polar surface area (TPSA) is 70.2 Å². The van der Waals surface area contributed by atoms with Gasteiger partial charge in [0.2, 0.25) is 0 Å². The second-order valence-electron chi connectivity index (χ2n) is 4.92. The van der Waals surface area contributed by atoms with Gasteiger partial charge in [-0.05, 0) is 31.2 Å². The summed E-state index contributed by atoms with van der Waals surface area (Å²) in [5.41, 5.74) is 5.85. The molecular weight excluding hydrogens is 373 g/mol. The van der Waals surface area contributed by atoms with Crippen LogP contribution < -0.4 is 16.2 Å². The van der Waals surface area contributed by atoms with Crippen molar-refractivity contribution in [1.29, 1.82) is 0 Å². The quantitative estimate of drug-likeness (QED) is 0.682. The first kappa shape index (κ1) is 18.4. The number of halogens is 3. The van der Waals surface area contributed by atoms with E-state index >= 15 is 0 Å². The number of anilines is 1. The maximum atomic E-state index is 12.1. The largest absolute Gasteiger partial charge is 0.340 e. The lowest BCUT2D eigenvalue weighted by Crippen LogP contribution is -2.46. The van der Waals surface area contributed by atoms with E-state index in [1.807, 2.05) is 0 Å². The van der Waals surface area contributed by atoms with Gasteiger partial charge in [-0.1, -0.05) is 53.0 Å². The van der Waals surface area contributed by atoms with Crippen LogP contribution in [0, 0.1) is 0 Å². The second kappa shape index (κ2) is 8.24. The number of carbonyl (C=O) groups is 2. The third-order valence-corrected chi connectivity index (χ3v) is 3.91. The molecule has 0 aliphatic rings. The summed E-state index contributed by atoms with van der Waals surface area (Å²) in [6.07, 6.45) is 0. The van der Waals surface area contributed by atoms with Crippen LogP contribution in [0.25, 0.3) is 0 Å². The van der Waals surface area contributed by atoms with Crippen LogP contribution >= 0.6 is 34.8 Å². The van der Waals surface area contributed by atoms with Crippen molar-refractivity contribution in [1.82, 2.24) is 10.7 Å². The van der Waals surface area contributed by atoms with Gasteiger partial charge in [0.05, 0.1) is 15.7 Å². The summed E-state index contributed by atoms with van der Waals surface area (Å²) in [4.78, 5) is 24.1. The summed E-state index contributed by atoms with van der Waals surface area (Å²) in [6, 6.07) is 10.8. The monoisotopic (exact) mass is 385 g/mol. The van der Waals surface area contributed by atoms with E-state index in [0.29, 0.717) is 16.3 Å². The van der Waals surface area contributed by atoms with Crippen molar-refractivity contribution in [3.05, 3.63) is 63.1 Å². The van der Waals surface area contributed by atoms with Gasteiger partial charge in [-0.2, -0.15) is 0 Å². The van der Waals surface area contributed by atoms with E-state index in [9.17, 15) is 9.59 Å².